The molecule has 12 heavy (non-hydrogen) atoms. The van der Waals surface area contributed by atoms with Crippen LogP contribution < -0.4 is 0 Å². The molecule has 1 rings (SSSR count). The molecule has 1 nitrogen and oxygen atoms in total. The van der Waals surface area contributed by atoms with Crippen LogP contribution in [0.15, 0.2) is 0 Å². The SMILES string of the molecule is CC1CCC(Cl)(C(C)C)C(O)C1. The van der Waals surface area contributed by atoms with Crippen LogP contribution in [0.3, 0.4) is 0 Å². The van der Waals surface area contributed by atoms with Crippen molar-refractivity contribution in [2.24, 2.45) is 11.8 Å². The maximum atomic E-state index is 9.84. The first-order chi connectivity index (χ1) is 5.47. The van der Waals surface area contributed by atoms with Crippen LogP contribution in [0.4, 0.5) is 0 Å². The Bertz CT molecular complexity index is 158. The van der Waals surface area contributed by atoms with Crippen LogP contribution in [0.5, 0.6) is 0 Å². The van der Waals surface area contributed by atoms with Gasteiger partial charge in [0.05, 0.1) is 11.0 Å². The van der Waals surface area contributed by atoms with Crippen molar-refractivity contribution in [2.75, 3.05) is 0 Å². The minimum absolute atomic E-state index is 0.317. The summed E-state index contributed by atoms with van der Waals surface area (Å²) in [6.45, 7) is 6.36. The molecular formula is C10H19ClO. The van der Waals surface area contributed by atoms with Crippen molar-refractivity contribution in [2.45, 2.75) is 51.0 Å². The third-order valence-corrected chi connectivity index (χ3v) is 4.04. The monoisotopic (exact) mass is 190 g/mol. The Balaban J connectivity index is 2.66. The third-order valence-electron chi connectivity index (χ3n) is 3.16. The highest BCUT2D eigenvalue weighted by Crippen LogP contribution is 2.42. The van der Waals surface area contributed by atoms with Crippen molar-refractivity contribution in [3.8, 4) is 0 Å². The molecule has 0 radical (unpaired) electrons. The first kappa shape index (κ1) is 10.3. The standard InChI is InChI=1S/C10H19ClO/c1-7(2)10(11)5-4-8(3)6-9(10)12/h7-9,12H,4-6H2,1-3H3. The Morgan fingerprint density at radius 1 is 1.50 bits per heavy atom. The quantitative estimate of drug-likeness (QED) is 0.631. The molecule has 0 aromatic heterocycles. The van der Waals surface area contributed by atoms with Crippen LogP contribution >= 0.6 is 11.6 Å². The molecule has 0 aromatic carbocycles. The van der Waals surface area contributed by atoms with E-state index in [2.05, 4.69) is 20.8 Å². The van der Waals surface area contributed by atoms with Gasteiger partial charge in [0.15, 0.2) is 0 Å². The zero-order chi connectivity index (χ0) is 9.35. The van der Waals surface area contributed by atoms with Gasteiger partial charge in [-0.15, -0.1) is 11.6 Å². The van der Waals surface area contributed by atoms with Crippen molar-refractivity contribution in [1.29, 1.82) is 0 Å². The summed E-state index contributed by atoms with van der Waals surface area (Å²) in [6.07, 6.45) is 2.65. The van der Waals surface area contributed by atoms with E-state index in [4.69, 9.17) is 11.6 Å². The first-order valence-electron chi connectivity index (χ1n) is 4.83. The number of rotatable bonds is 1. The van der Waals surface area contributed by atoms with Gasteiger partial charge in [-0.1, -0.05) is 20.8 Å². The van der Waals surface area contributed by atoms with E-state index in [9.17, 15) is 5.11 Å². The molecule has 2 heteroatoms. The van der Waals surface area contributed by atoms with Crippen molar-refractivity contribution in [1.82, 2.24) is 0 Å². The summed E-state index contributed by atoms with van der Waals surface area (Å²) in [7, 11) is 0. The van der Waals surface area contributed by atoms with Crippen LogP contribution in [-0.4, -0.2) is 16.1 Å². The number of halogens is 1. The fraction of sp³-hybridized carbons (Fsp3) is 1.00. The predicted octanol–water partition coefficient (Wildman–Crippen LogP) is 2.80. The maximum absolute atomic E-state index is 9.84. The molecule has 0 bridgehead atoms. The lowest BCUT2D eigenvalue weighted by Gasteiger charge is -2.41. The Morgan fingerprint density at radius 2 is 2.08 bits per heavy atom. The lowest BCUT2D eigenvalue weighted by molar-refractivity contribution is 0.0443. The Morgan fingerprint density at radius 3 is 2.50 bits per heavy atom. The number of alkyl halides is 1. The largest absolute Gasteiger partial charge is 0.391 e. The van der Waals surface area contributed by atoms with Crippen LogP contribution in [0.1, 0.15) is 40.0 Å². The Kier molecular flexibility index (Phi) is 3.06. The molecule has 0 spiro atoms. The van der Waals surface area contributed by atoms with E-state index in [1.165, 1.54) is 0 Å². The molecule has 0 saturated heterocycles. The van der Waals surface area contributed by atoms with Gasteiger partial charge in [0.25, 0.3) is 0 Å². The summed E-state index contributed by atoms with van der Waals surface area (Å²) in [5, 5.41) is 9.84. The van der Waals surface area contributed by atoms with E-state index in [0.29, 0.717) is 11.8 Å². The molecule has 3 atom stereocenters. The van der Waals surface area contributed by atoms with E-state index in [1.807, 2.05) is 0 Å². The molecule has 72 valence electrons. The average molecular weight is 191 g/mol. The van der Waals surface area contributed by atoms with Crippen molar-refractivity contribution in [3.05, 3.63) is 0 Å². The summed E-state index contributed by atoms with van der Waals surface area (Å²) >= 11 is 6.38. The molecule has 1 aliphatic carbocycles. The number of aliphatic hydroxyl groups excluding tert-OH is 1. The van der Waals surface area contributed by atoms with Gasteiger partial charge in [-0.05, 0) is 31.1 Å². The van der Waals surface area contributed by atoms with Gasteiger partial charge in [0, 0.05) is 0 Å². The Labute approximate surface area is 80.1 Å². The molecule has 0 amide bonds. The van der Waals surface area contributed by atoms with Gasteiger partial charge in [0.1, 0.15) is 0 Å². The molecular weight excluding hydrogens is 172 g/mol. The highest BCUT2D eigenvalue weighted by atomic mass is 35.5. The molecule has 0 aromatic rings. The van der Waals surface area contributed by atoms with Crippen LogP contribution in [0.2, 0.25) is 0 Å². The number of hydrogen-bond donors (Lipinski definition) is 1. The van der Waals surface area contributed by atoms with Gasteiger partial charge < -0.3 is 5.11 Å². The van der Waals surface area contributed by atoms with Gasteiger partial charge in [0.2, 0.25) is 0 Å². The van der Waals surface area contributed by atoms with E-state index < -0.39 is 0 Å². The predicted molar refractivity (Wildman–Crippen MR) is 52.4 cm³/mol. The normalized spacial score (nSPS) is 43.5. The lowest BCUT2D eigenvalue weighted by atomic mass is 9.75. The summed E-state index contributed by atoms with van der Waals surface area (Å²) in [5.74, 6) is 0.993. The number of aliphatic hydroxyl groups is 1. The molecule has 3 unspecified atom stereocenters. The lowest BCUT2D eigenvalue weighted by Crippen LogP contribution is -2.45. The second-order valence-corrected chi connectivity index (χ2v) is 5.18. The molecule has 0 heterocycles. The Hall–Kier alpha value is 0.250. The minimum atomic E-state index is -0.355. The van der Waals surface area contributed by atoms with Gasteiger partial charge in [-0.3, -0.25) is 0 Å². The minimum Gasteiger partial charge on any atom is -0.391 e. The molecule has 0 aliphatic heterocycles. The molecule has 1 saturated carbocycles. The van der Waals surface area contributed by atoms with E-state index in [0.717, 1.165) is 19.3 Å². The van der Waals surface area contributed by atoms with Crippen LogP contribution in [0.25, 0.3) is 0 Å². The van der Waals surface area contributed by atoms with Gasteiger partial charge in [-0.25, -0.2) is 0 Å². The second-order valence-electron chi connectivity index (χ2n) is 4.48. The van der Waals surface area contributed by atoms with E-state index in [1.54, 1.807) is 0 Å². The smallest absolute Gasteiger partial charge is 0.0736 e. The summed E-state index contributed by atoms with van der Waals surface area (Å²) < 4.78 is 0. The van der Waals surface area contributed by atoms with Gasteiger partial charge in [-0.2, -0.15) is 0 Å². The third kappa shape index (κ3) is 1.77. The zero-order valence-electron chi connectivity index (χ0n) is 8.18. The summed E-state index contributed by atoms with van der Waals surface area (Å²) in [5.41, 5.74) is 0. The highest BCUT2D eigenvalue weighted by Gasteiger charge is 2.42. The van der Waals surface area contributed by atoms with Crippen LogP contribution in [0, 0.1) is 11.8 Å². The highest BCUT2D eigenvalue weighted by molar-refractivity contribution is 6.24. The first-order valence-corrected chi connectivity index (χ1v) is 5.21. The van der Waals surface area contributed by atoms with E-state index >= 15 is 0 Å². The summed E-state index contributed by atoms with van der Waals surface area (Å²) in [4.78, 5) is -0.355. The van der Waals surface area contributed by atoms with Crippen molar-refractivity contribution >= 4 is 11.6 Å². The average Bonchev–Trinajstić information content (AvgIpc) is 1.97. The van der Waals surface area contributed by atoms with E-state index in [-0.39, 0.29) is 11.0 Å². The number of hydrogen-bond acceptors (Lipinski definition) is 1. The van der Waals surface area contributed by atoms with Crippen LogP contribution in [-0.2, 0) is 0 Å². The summed E-state index contributed by atoms with van der Waals surface area (Å²) in [6, 6.07) is 0. The van der Waals surface area contributed by atoms with Gasteiger partial charge >= 0.3 is 0 Å². The second kappa shape index (κ2) is 3.55. The molecule has 1 aliphatic rings. The van der Waals surface area contributed by atoms with Crippen molar-refractivity contribution in [3.63, 3.8) is 0 Å². The maximum Gasteiger partial charge on any atom is 0.0736 e. The topological polar surface area (TPSA) is 20.2 Å². The molecule has 1 N–H and O–H groups in total. The van der Waals surface area contributed by atoms with Crippen molar-refractivity contribution < 1.29 is 5.11 Å². The fourth-order valence-corrected chi connectivity index (χ4v) is 2.20. The molecule has 1 fully saturated rings. The zero-order valence-corrected chi connectivity index (χ0v) is 8.93. The fourth-order valence-electron chi connectivity index (χ4n) is 2.00.